The van der Waals surface area contributed by atoms with E-state index in [1.165, 1.54) is 29.5 Å². The SMILES string of the molecule is Cc1nc(-c2cccnc2)sc1C(=O)Nc1cccc([N+](=O)[O-])c1. The molecule has 0 radical (unpaired) electrons. The summed E-state index contributed by atoms with van der Waals surface area (Å²) in [5.74, 6) is -0.347. The van der Waals surface area contributed by atoms with Crippen molar-refractivity contribution in [3.8, 4) is 10.6 Å². The number of benzene rings is 1. The summed E-state index contributed by atoms with van der Waals surface area (Å²) in [5, 5.41) is 14.2. The van der Waals surface area contributed by atoms with Crippen molar-refractivity contribution in [1.29, 1.82) is 0 Å². The van der Waals surface area contributed by atoms with Gasteiger partial charge in [-0.05, 0) is 25.1 Å². The standard InChI is InChI=1S/C16H12N4O3S/c1-10-14(24-16(18-10)11-4-3-7-17-9-11)15(21)19-12-5-2-6-13(8-12)20(22)23/h2-9H,1H3,(H,19,21). The molecule has 0 saturated carbocycles. The zero-order chi connectivity index (χ0) is 17.1. The molecule has 8 heteroatoms. The Morgan fingerprint density at radius 3 is 2.83 bits per heavy atom. The minimum absolute atomic E-state index is 0.0788. The van der Waals surface area contributed by atoms with Crippen LogP contribution in [-0.2, 0) is 0 Å². The largest absolute Gasteiger partial charge is 0.321 e. The van der Waals surface area contributed by atoms with E-state index in [-0.39, 0.29) is 11.6 Å². The van der Waals surface area contributed by atoms with Gasteiger partial charge in [-0.1, -0.05) is 6.07 Å². The van der Waals surface area contributed by atoms with Crippen LogP contribution < -0.4 is 5.32 Å². The molecule has 0 bridgehead atoms. The zero-order valence-corrected chi connectivity index (χ0v) is 13.4. The van der Waals surface area contributed by atoms with E-state index in [1.807, 2.05) is 6.07 Å². The third-order valence-corrected chi connectivity index (χ3v) is 4.43. The number of nitrogens with one attached hydrogen (secondary N) is 1. The molecular weight excluding hydrogens is 328 g/mol. The topological polar surface area (TPSA) is 98.0 Å². The number of nitrogens with zero attached hydrogens (tertiary/aromatic N) is 3. The van der Waals surface area contributed by atoms with Crippen molar-refractivity contribution in [2.45, 2.75) is 6.92 Å². The number of nitro groups is 1. The van der Waals surface area contributed by atoms with Crippen molar-refractivity contribution in [2.75, 3.05) is 5.32 Å². The predicted octanol–water partition coefficient (Wildman–Crippen LogP) is 3.67. The van der Waals surface area contributed by atoms with Crippen LogP contribution in [0.2, 0.25) is 0 Å². The maximum absolute atomic E-state index is 12.4. The van der Waals surface area contributed by atoms with Gasteiger partial charge in [0.1, 0.15) is 9.88 Å². The normalized spacial score (nSPS) is 10.4. The maximum Gasteiger partial charge on any atom is 0.271 e. The van der Waals surface area contributed by atoms with E-state index in [4.69, 9.17) is 0 Å². The first-order chi connectivity index (χ1) is 11.5. The van der Waals surface area contributed by atoms with Crippen molar-refractivity contribution in [1.82, 2.24) is 9.97 Å². The maximum atomic E-state index is 12.4. The van der Waals surface area contributed by atoms with Crippen LogP contribution in [0.5, 0.6) is 0 Å². The molecule has 2 heterocycles. The molecule has 0 aliphatic carbocycles. The Balaban J connectivity index is 1.84. The number of amides is 1. The lowest BCUT2D eigenvalue weighted by molar-refractivity contribution is -0.384. The molecule has 0 unspecified atom stereocenters. The highest BCUT2D eigenvalue weighted by Crippen LogP contribution is 2.28. The number of carbonyl (C=O) groups excluding carboxylic acids is 1. The van der Waals surface area contributed by atoms with Crippen molar-refractivity contribution in [3.05, 3.63) is 69.5 Å². The van der Waals surface area contributed by atoms with E-state index < -0.39 is 4.92 Å². The highest BCUT2D eigenvalue weighted by molar-refractivity contribution is 7.17. The quantitative estimate of drug-likeness (QED) is 0.577. The average Bonchev–Trinajstić information content (AvgIpc) is 2.98. The second-order valence-corrected chi connectivity index (χ2v) is 5.94. The van der Waals surface area contributed by atoms with Gasteiger partial charge in [0.15, 0.2) is 0 Å². The van der Waals surface area contributed by atoms with Crippen molar-refractivity contribution < 1.29 is 9.72 Å². The summed E-state index contributed by atoms with van der Waals surface area (Å²) in [6.07, 6.45) is 3.35. The molecule has 7 nitrogen and oxygen atoms in total. The van der Waals surface area contributed by atoms with Crippen LogP contribution in [0.15, 0.2) is 48.8 Å². The molecule has 1 aromatic carbocycles. The average molecular weight is 340 g/mol. The Bertz CT molecular complexity index is 909. The lowest BCUT2D eigenvalue weighted by atomic mass is 10.2. The van der Waals surface area contributed by atoms with Gasteiger partial charge in [-0.3, -0.25) is 19.9 Å². The zero-order valence-electron chi connectivity index (χ0n) is 12.6. The fourth-order valence-electron chi connectivity index (χ4n) is 2.10. The Labute approximate surface area is 141 Å². The number of rotatable bonds is 4. The van der Waals surface area contributed by atoms with Crippen molar-refractivity contribution >= 4 is 28.6 Å². The van der Waals surface area contributed by atoms with Gasteiger partial charge >= 0.3 is 0 Å². The molecule has 0 aliphatic heterocycles. The summed E-state index contributed by atoms with van der Waals surface area (Å²) in [4.78, 5) is 31.6. The lowest BCUT2D eigenvalue weighted by Gasteiger charge is -2.03. The number of non-ortho nitro benzene ring substituents is 1. The second-order valence-electron chi connectivity index (χ2n) is 4.94. The van der Waals surface area contributed by atoms with Crippen molar-refractivity contribution in [2.24, 2.45) is 0 Å². The highest BCUT2D eigenvalue weighted by atomic mass is 32.1. The Kier molecular flexibility index (Phi) is 4.30. The van der Waals surface area contributed by atoms with Gasteiger partial charge in [-0.15, -0.1) is 11.3 Å². The molecule has 1 amide bonds. The second kappa shape index (κ2) is 6.55. The lowest BCUT2D eigenvalue weighted by Crippen LogP contribution is -2.11. The molecule has 3 rings (SSSR count). The van der Waals surface area contributed by atoms with Gasteiger partial charge in [0.05, 0.1) is 10.6 Å². The minimum atomic E-state index is -0.506. The fraction of sp³-hybridized carbons (Fsp3) is 0.0625. The molecule has 2 aromatic heterocycles. The minimum Gasteiger partial charge on any atom is -0.321 e. The van der Waals surface area contributed by atoms with E-state index in [9.17, 15) is 14.9 Å². The van der Waals surface area contributed by atoms with E-state index in [0.29, 0.717) is 21.3 Å². The monoisotopic (exact) mass is 340 g/mol. The number of thiazole rings is 1. The summed E-state index contributed by atoms with van der Waals surface area (Å²) in [6.45, 7) is 1.75. The first-order valence-electron chi connectivity index (χ1n) is 6.98. The van der Waals surface area contributed by atoms with Gasteiger partial charge in [-0.25, -0.2) is 4.98 Å². The molecule has 0 fully saturated rings. The third-order valence-electron chi connectivity index (χ3n) is 3.23. The number of aryl methyl sites for hydroxylation is 1. The molecule has 1 N–H and O–H groups in total. The predicted molar refractivity (Wildman–Crippen MR) is 91.1 cm³/mol. The number of hydrogen-bond donors (Lipinski definition) is 1. The van der Waals surface area contributed by atoms with Crippen LogP contribution in [0.1, 0.15) is 15.4 Å². The van der Waals surface area contributed by atoms with Gasteiger partial charge < -0.3 is 5.32 Å². The van der Waals surface area contributed by atoms with Crippen LogP contribution in [0, 0.1) is 17.0 Å². The molecule has 0 spiro atoms. The van der Waals surface area contributed by atoms with Gasteiger partial charge in [0.2, 0.25) is 0 Å². The Morgan fingerprint density at radius 1 is 1.29 bits per heavy atom. The number of pyridine rings is 1. The van der Waals surface area contributed by atoms with Crippen LogP contribution >= 0.6 is 11.3 Å². The number of nitro benzene ring substituents is 1. The van der Waals surface area contributed by atoms with E-state index in [1.54, 1.807) is 31.5 Å². The molecule has 3 aromatic rings. The number of anilines is 1. The van der Waals surface area contributed by atoms with Crippen LogP contribution in [0.3, 0.4) is 0 Å². The fourth-order valence-corrected chi connectivity index (χ4v) is 3.06. The van der Waals surface area contributed by atoms with Crippen molar-refractivity contribution in [3.63, 3.8) is 0 Å². The summed E-state index contributed by atoms with van der Waals surface area (Å²) >= 11 is 1.25. The first-order valence-corrected chi connectivity index (χ1v) is 7.80. The summed E-state index contributed by atoms with van der Waals surface area (Å²) < 4.78 is 0. The number of aromatic nitrogens is 2. The summed E-state index contributed by atoms with van der Waals surface area (Å²) in [6, 6.07) is 9.48. The molecule has 0 atom stereocenters. The molecule has 120 valence electrons. The molecular formula is C16H12N4O3S. The Hall–Kier alpha value is -3.13. The molecule has 0 saturated heterocycles. The molecule has 24 heavy (non-hydrogen) atoms. The first kappa shape index (κ1) is 15.8. The number of hydrogen-bond acceptors (Lipinski definition) is 6. The van der Waals surface area contributed by atoms with Crippen LogP contribution in [0.4, 0.5) is 11.4 Å². The third kappa shape index (κ3) is 3.28. The van der Waals surface area contributed by atoms with Gasteiger partial charge in [0, 0.05) is 35.8 Å². The molecule has 0 aliphatic rings. The van der Waals surface area contributed by atoms with E-state index in [0.717, 1.165) is 5.56 Å². The Morgan fingerprint density at radius 2 is 2.12 bits per heavy atom. The van der Waals surface area contributed by atoms with Crippen LogP contribution in [0.25, 0.3) is 10.6 Å². The smallest absolute Gasteiger partial charge is 0.271 e. The summed E-state index contributed by atoms with van der Waals surface area (Å²) in [7, 11) is 0. The highest BCUT2D eigenvalue weighted by Gasteiger charge is 2.17. The van der Waals surface area contributed by atoms with E-state index in [2.05, 4.69) is 15.3 Å². The summed E-state index contributed by atoms with van der Waals surface area (Å²) in [5.41, 5.74) is 1.72. The van der Waals surface area contributed by atoms with E-state index >= 15 is 0 Å². The van der Waals surface area contributed by atoms with Gasteiger partial charge in [-0.2, -0.15) is 0 Å². The number of carbonyl (C=O) groups is 1. The van der Waals surface area contributed by atoms with Crippen LogP contribution in [-0.4, -0.2) is 20.8 Å². The van der Waals surface area contributed by atoms with Gasteiger partial charge in [0.25, 0.3) is 11.6 Å².